The number of allylic oxidation sites excluding steroid dienone is 1. The Morgan fingerprint density at radius 2 is 2.00 bits per heavy atom. The lowest BCUT2D eigenvalue weighted by atomic mass is 10.1. The number of piperazine rings is 1. The van der Waals surface area contributed by atoms with Gasteiger partial charge in [0.25, 0.3) is 0 Å². The topological polar surface area (TPSA) is 18.5 Å². The van der Waals surface area contributed by atoms with Crippen molar-refractivity contribution < 1.29 is 0 Å². The summed E-state index contributed by atoms with van der Waals surface area (Å²) < 4.78 is 0. The first-order chi connectivity index (χ1) is 6.90. The van der Waals surface area contributed by atoms with Crippen molar-refractivity contribution in [1.29, 1.82) is 0 Å². The predicted octanol–water partition coefficient (Wildman–Crippen LogP) is 0.152. The van der Waals surface area contributed by atoms with E-state index in [9.17, 15) is 0 Å². The van der Waals surface area contributed by atoms with E-state index in [1.165, 1.54) is 39.3 Å². The smallest absolute Gasteiger partial charge is 0.0351 e. The number of rotatable bonds is 3. The van der Waals surface area contributed by atoms with Gasteiger partial charge in [-0.15, -0.1) is 0 Å². The molecule has 2 saturated heterocycles. The van der Waals surface area contributed by atoms with Crippen LogP contribution in [-0.2, 0) is 0 Å². The summed E-state index contributed by atoms with van der Waals surface area (Å²) in [5.41, 5.74) is 0. The Labute approximate surface area is 86.8 Å². The lowest BCUT2D eigenvalue weighted by Crippen LogP contribution is -2.62. The molecule has 2 aliphatic rings. The Hall–Kier alpha value is -0.380. The average Bonchev–Trinajstić information content (AvgIpc) is 2.17. The van der Waals surface area contributed by atoms with Crippen LogP contribution in [0.2, 0.25) is 0 Å². The van der Waals surface area contributed by atoms with Gasteiger partial charge in [-0.2, -0.15) is 0 Å². The predicted molar refractivity (Wildman–Crippen MR) is 59.5 cm³/mol. The fraction of sp³-hybridized carbons (Fsp3) is 0.818. The van der Waals surface area contributed by atoms with Crippen LogP contribution in [0, 0.1) is 0 Å². The maximum absolute atomic E-state index is 3.40. The summed E-state index contributed by atoms with van der Waals surface area (Å²) in [6.45, 7) is 10.6. The quantitative estimate of drug-likeness (QED) is 0.647. The first kappa shape index (κ1) is 10.1. The summed E-state index contributed by atoms with van der Waals surface area (Å²) in [5, 5.41) is 3.40. The van der Waals surface area contributed by atoms with Gasteiger partial charge in [-0.1, -0.05) is 12.2 Å². The molecule has 0 spiro atoms. The summed E-state index contributed by atoms with van der Waals surface area (Å²) in [4.78, 5) is 5.13. The molecule has 2 heterocycles. The molecule has 0 aliphatic carbocycles. The highest BCUT2D eigenvalue weighted by Crippen LogP contribution is 2.14. The molecule has 0 aromatic heterocycles. The van der Waals surface area contributed by atoms with Crippen molar-refractivity contribution in [2.45, 2.75) is 13.0 Å². The number of likely N-dealkylation sites (tertiary alicyclic amines) is 1. The molecule has 0 atom stereocenters. The molecule has 14 heavy (non-hydrogen) atoms. The number of nitrogens with one attached hydrogen (secondary N) is 1. The van der Waals surface area contributed by atoms with Crippen molar-refractivity contribution in [3.63, 3.8) is 0 Å². The fourth-order valence-electron chi connectivity index (χ4n) is 2.22. The van der Waals surface area contributed by atoms with Crippen molar-refractivity contribution >= 4 is 0 Å². The van der Waals surface area contributed by atoms with Crippen molar-refractivity contribution in [3.8, 4) is 0 Å². The Balaban J connectivity index is 1.66. The Kier molecular flexibility index (Phi) is 3.56. The molecular weight excluding hydrogens is 174 g/mol. The van der Waals surface area contributed by atoms with Gasteiger partial charge in [0, 0.05) is 51.9 Å². The average molecular weight is 195 g/mol. The van der Waals surface area contributed by atoms with Crippen LogP contribution in [0.3, 0.4) is 0 Å². The second-order valence-corrected chi connectivity index (χ2v) is 4.23. The largest absolute Gasteiger partial charge is 0.314 e. The van der Waals surface area contributed by atoms with Gasteiger partial charge in [0.2, 0.25) is 0 Å². The molecular formula is C11H21N3. The minimum Gasteiger partial charge on any atom is -0.314 e. The van der Waals surface area contributed by atoms with E-state index >= 15 is 0 Å². The number of hydrogen-bond acceptors (Lipinski definition) is 3. The third kappa shape index (κ3) is 2.35. The SMILES string of the molecule is CC=CCN1CC(N2CCNCC2)C1. The van der Waals surface area contributed by atoms with Gasteiger partial charge in [-0.25, -0.2) is 0 Å². The molecule has 1 N–H and O–H groups in total. The van der Waals surface area contributed by atoms with E-state index in [4.69, 9.17) is 0 Å². The van der Waals surface area contributed by atoms with Crippen LogP contribution in [0.25, 0.3) is 0 Å². The highest BCUT2D eigenvalue weighted by molar-refractivity contribution is 4.93. The van der Waals surface area contributed by atoms with Crippen LogP contribution in [0.15, 0.2) is 12.2 Å². The van der Waals surface area contributed by atoms with Crippen LogP contribution < -0.4 is 5.32 Å². The first-order valence-electron chi connectivity index (χ1n) is 5.68. The molecule has 80 valence electrons. The number of nitrogens with zero attached hydrogens (tertiary/aromatic N) is 2. The molecule has 0 bridgehead atoms. The molecule has 2 aliphatic heterocycles. The van der Waals surface area contributed by atoms with Gasteiger partial charge in [-0.3, -0.25) is 9.80 Å². The van der Waals surface area contributed by atoms with E-state index in [1.54, 1.807) is 0 Å². The van der Waals surface area contributed by atoms with Crippen molar-refractivity contribution in [3.05, 3.63) is 12.2 Å². The standard InChI is InChI=1S/C11H21N3/c1-2-3-6-13-9-11(10-13)14-7-4-12-5-8-14/h2-3,11-12H,4-10H2,1H3. The van der Waals surface area contributed by atoms with Gasteiger partial charge in [0.05, 0.1) is 0 Å². The summed E-state index contributed by atoms with van der Waals surface area (Å²) in [6.07, 6.45) is 4.38. The van der Waals surface area contributed by atoms with E-state index in [2.05, 4.69) is 34.2 Å². The molecule has 0 radical (unpaired) electrons. The maximum atomic E-state index is 3.40. The number of hydrogen-bond donors (Lipinski definition) is 1. The van der Waals surface area contributed by atoms with Gasteiger partial charge < -0.3 is 5.32 Å². The zero-order valence-electron chi connectivity index (χ0n) is 9.08. The van der Waals surface area contributed by atoms with E-state index in [0.29, 0.717) is 0 Å². The van der Waals surface area contributed by atoms with Gasteiger partial charge in [0.1, 0.15) is 0 Å². The summed E-state index contributed by atoms with van der Waals surface area (Å²) in [5.74, 6) is 0. The van der Waals surface area contributed by atoms with Crippen LogP contribution in [0.1, 0.15) is 6.92 Å². The van der Waals surface area contributed by atoms with Crippen LogP contribution >= 0.6 is 0 Å². The van der Waals surface area contributed by atoms with Gasteiger partial charge in [0.15, 0.2) is 0 Å². The second-order valence-electron chi connectivity index (χ2n) is 4.23. The molecule has 3 nitrogen and oxygen atoms in total. The van der Waals surface area contributed by atoms with E-state index in [-0.39, 0.29) is 0 Å². The second kappa shape index (κ2) is 4.91. The molecule has 0 saturated carbocycles. The Morgan fingerprint density at radius 3 is 2.64 bits per heavy atom. The molecule has 0 aromatic carbocycles. The normalized spacial score (nSPS) is 26.9. The summed E-state index contributed by atoms with van der Waals surface area (Å²) in [7, 11) is 0. The minimum atomic E-state index is 0.836. The zero-order valence-corrected chi connectivity index (χ0v) is 9.08. The molecule has 2 rings (SSSR count). The molecule has 0 unspecified atom stereocenters. The minimum absolute atomic E-state index is 0.836. The van der Waals surface area contributed by atoms with Crippen molar-refractivity contribution in [1.82, 2.24) is 15.1 Å². The zero-order chi connectivity index (χ0) is 9.80. The Bertz CT molecular complexity index is 191. The van der Waals surface area contributed by atoms with Crippen LogP contribution in [-0.4, -0.2) is 61.7 Å². The highest BCUT2D eigenvalue weighted by Gasteiger charge is 2.31. The summed E-state index contributed by atoms with van der Waals surface area (Å²) >= 11 is 0. The third-order valence-electron chi connectivity index (χ3n) is 3.21. The fourth-order valence-corrected chi connectivity index (χ4v) is 2.22. The van der Waals surface area contributed by atoms with Crippen LogP contribution in [0.4, 0.5) is 0 Å². The van der Waals surface area contributed by atoms with Crippen molar-refractivity contribution in [2.75, 3.05) is 45.8 Å². The van der Waals surface area contributed by atoms with E-state index in [0.717, 1.165) is 12.6 Å². The van der Waals surface area contributed by atoms with E-state index < -0.39 is 0 Å². The Morgan fingerprint density at radius 1 is 1.29 bits per heavy atom. The third-order valence-corrected chi connectivity index (χ3v) is 3.21. The highest BCUT2D eigenvalue weighted by atomic mass is 15.3. The lowest BCUT2D eigenvalue weighted by molar-refractivity contribution is 0.0350. The lowest BCUT2D eigenvalue weighted by Gasteiger charge is -2.46. The van der Waals surface area contributed by atoms with Gasteiger partial charge >= 0.3 is 0 Å². The maximum Gasteiger partial charge on any atom is 0.0351 e. The molecule has 2 fully saturated rings. The van der Waals surface area contributed by atoms with Crippen molar-refractivity contribution in [2.24, 2.45) is 0 Å². The van der Waals surface area contributed by atoms with E-state index in [1.807, 2.05) is 0 Å². The monoisotopic (exact) mass is 195 g/mol. The summed E-state index contributed by atoms with van der Waals surface area (Å²) in [6, 6.07) is 0.836. The van der Waals surface area contributed by atoms with Crippen LogP contribution in [0.5, 0.6) is 0 Å². The molecule has 0 amide bonds. The molecule has 0 aromatic rings. The van der Waals surface area contributed by atoms with Gasteiger partial charge in [-0.05, 0) is 6.92 Å². The molecule has 3 heteroatoms. The first-order valence-corrected chi connectivity index (χ1v) is 5.68.